The van der Waals surface area contributed by atoms with Crippen LogP contribution in [0.25, 0.3) is 0 Å². The van der Waals surface area contributed by atoms with Crippen molar-refractivity contribution in [3.63, 3.8) is 0 Å². The minimum atomic E-state index is -0.800. The Labute approximate surface area is 107 Å². The average Bonchev–Trinajstić information content (AvgIpc) is 2.53. The molecule has 1 aliphatic rings. The standard InChI is InChI=1S/C11H23N5O2/c1-9(10(17)14-11(13)18)16-5-2-4-15(6-3-12)7-8-16/h9H,2-8,12H2,1H3,(H3,13,14,17,18). The number of imide groups is 1. The van der Waals surface area contributed by atoms with E-state index in [1.807, 2.05) is 0 Å². The Morgan fingerprint density at radius 3 is 2.61 bits per heavy atom. The van der Waals surface area contributed by atoms with Crippen LogP contribution >= 0.6 is 0 Å². The number of carbonyl (C=O) groups is 2. The molecule has 1 saturated heterocycles. The van der Waals surface area contributed by atoms with E-state index < -0.39 is 6.03 Å². The van der Waals surface area contributed by atoms with Gasteiger partial charge in [0.15, 0.2) is 0 Å². The lowest BCUT2D eigenvalue weighted by atomic mass is 10.2. The van der Waals surface area contributed by atoms with E-state index in [1.165, 1.54) is 0 Å². The molecule has 0 aromatic heterocycles. The van der Waals surface area contributed by atoms with Crippen molar-refractivity contribution in [2.45, 2.75) is 19.4 Å². The number of nitrogens with zero attached hydrogens (tertiary/aromatic N) is 2. The predicted octanol–water partition coefficient (Wildman–Crippen LogP) is -1.46. The van der Waals surface area contributed by atoms with E-state index in [0.717, 1.165) is 39.1 Å². The van der Waals surface area contributed by atoms with Gasteiger partial charge in [0, 0.05) is 32.7 Å². The van der Waals surface area contributed by atoms with Crippen molar-refractivity contribution in [3.05, 3.63) is 0 Å². The van der Waals surface area contributed by atoms with Crippen LogP contribution in [0.1, 0.15) is 13.3 Å². The summed E-state index contributed by atoms with van der Waals surface area (Å²) in [4.78, 5) is 26.7. The molecule has 0 spiro atoms. The van der Waals surface area contributed by atoms with Crippen molar-refractivity contribution >= 4 is 11.9 Å². The summed E-state index contributed by atoms with van der Waals surface area (Å²) in [6.07, 6.45) is 0.994. The van der Waals surface area contributed by atoms with Gasteiger partial charge in [-0.2, -0.15) is 0 Å². The summed E-state index contributed by atoms with van der Waals surface area (Å²) >= 11 is 0. The molecule has 0 bridgehead atoms. The fourth-order valence-corrected chi connectivity index (χ4v) is 2.18. The molecule has 104 valence electrons. The second kappa shape index (κ2) is 7.30. The van der Waals surface area contributed by atoms with Crippen LogP contribution < -0.4 is 16.8 Å². The van der Waals surface area contributed by atoms with E-state index in [0.29, 0.717) is 6.54 Å². The largest absolute Gasteiger partial charge is 0.351 e. The third-order valence-corrected chi connectivity index (χ3v) is 3.24. The molecule has 3 amide bonds. The second-order valence-corrected chi connectivity index (χ2v) is 4.55. The number of hydrogen-bond acceptors (Lipinski definition) is 5. The van der Waals surface area contributed by atoms with Gasteiger partial charge in [-0.15, -0.1) is 0 Å². The fourth-order valence-electron chi connectivity index (χ4n) is 2.18. The lowest BCUT2D eigenvalue weighted by molar-refractivity contribution is -0.124. The van der Waals surface area contributed by atoms with Gasteiger partial charge in [-0.05, 0) is 19.9 Å². The van der Waals surface area contributed by atoms with Crippen molar-refractivity contribution < 1.29 is 9.59 Å². The van der Waals surface area contributed by atoms with Gasteiger partial charge in [0.1, 0.15) is 0 Å². The molecule has 18 heavy (non-hydrogen) atoms. The number of primary amides is 1. The van der Waals surface area contributed by atoms with Gasteiger partial charge < -0.3 is 16.4 Å². The summed E-state index contributed by atoms with van der Waals surface area (Å²) in [5.74, 6) is -0.338. The Balaban J connectivity index is 2.46. The summed E-state index contributed by atoms with van der Waals surface area (Å²) in [7, 11) is 0. The molecule has 1 fully saturated rings. The average molecular weight is 257 g/mol. The van der Waals surface area contributed by atoms with E-state index in [4.69, 9.17) is 11.5 Å². The topological polar surface area (TPSA) is 105 Å². The van der Waals surface area contributed by atoms with Crippen LogP contribution in [0.5, 0.6) is 0 Å². The Kier molecular flexibility index (Phi) is 6.03. The Morgan fingerprint density at radius 1 is 1.28 bits per heavy atom. The number of hydrogen-bond donors (Lipinski definition) is 3. The predicted molar refractivity (Wildman–Crippen MR) is 68.9 cm³/mol. The molecule has 1 unspecified atom stereocenters. The first kappa shape index (κ1) is 14.9. The van der Waals surface area contributed by atoms with Gasteiger partial charge in [-0.1, -0.05) is 0 Å². The molecule has 7 nitrogen and oxygen atoms in total. The third-order valence-electron chi connectivity index (χ3n) is 3.24. The molecule has 0 aliphatic carbocycles. The summed E-state index contributed by atoms with van der Waals surface area (Å²) in [5.41, 5.74) is 10.5. The number of carbonyl (C=O) groups excluding carboxylic acids is 2. The van der Waals surface area contributed by atoms with Crippen LogP contribution in [-0.2, 0) is 4.79 Å². The molecule has 0 aromatic rings. The summed E-state index contributed by atoms with van der Waals surface area (Å²) in [6.45, 7) is 6.86. The molecule has 7 heteroatoms. The first-order valence-corrected chi connectivity index (χ1v) is 6.31. The summed E-state index contributed by atoms with van der Waals surface area (Å²) < 4.78 is 0. The molecule has 1 aliphatic heterocycles. The maximum atomic E-state index is 11.7. The lowest BCUT2D eigenvalue weighted by Crippen LogP contribution is -2.49. The van der Waals surface area contributed by atoms with E-state index in [-0.39, 0.29) is 11.9 Å². The van der Waals surface area contributed by atoms with E-state index in [9.17, 15) is 9.59 Å². The molecule has 0 aromatic carbocycles. The van der Waals surface area contributed by atoms with Crippen LogP contribution in [-0.4, -0.2) is 67.0 Å². The molecular formula is C11H23N5O2. The second-order valence-electron chi connectivity index (χ2n) is 4.55. The molecule has 0 radical (unpaired) electrons. The highest BCUT2D eigenvalue weighted by Gasteiger charge is 2.24. The van der Waals surface area contributed by atoms with Gasteiger partial charge in [-0.25, -0.2) is 4.79 Å². The quantitative estimate of drug-likeness (QED) is 0.570. The maximum absolute atomic E-state index is 11.7. The molecule has 0 saturated carbocycles. The number of nitrogens with two attached hydrogens (primary N) is 2. The third kappa shape index (κ3) is 4.59. The highest BCUT2D eigenvalue weighted by atomic mass is 16.2. The minimum absolute atomic E-state index is 0.338. The Morgan fingerprint density at radius 2 is 2.00 bits per heavy atom. The molecule has 1 atom stereocenters. The SMILES string of the molecule is CC(C(=O)NC(N)=O)N1CCCN(CCN)CC1. The van der Waals surface area contributed by atoms with Crippen molar-refractivity contribution in [2.24, 2.45) is 11.5 Å². The van der Waals surface area contributed by atoms with Crippen LogP contribution in [0, 0.1) is 0 Å². The highest BCUT2D eigenvalue weighted by molar-refractivity contribution is 5.96. The monoisotopic (exact) mass is 257 g/mol. The zero-order valence-electron chi connectivity index (χ0n) is 10.9. The molecular weight excluding hydrogens is 234 g/mol. The van der Waals surface area contributed by atoms with Gasteiger partial charge in [0.05, 0.1) is 6.04 Å². The molecule has 1 rings (SSSR count). The maximum Gasteiger partial charge on any atom is 0.318 e. The zero-order chi connectivity index (χ0) is 13.5. The lowest BCUT2D eigenvalue weighted by Gasteiger charge is -2.26. The fraction of sp³-hybridized carbons (Fsp3) is 0.818. The van der Waals surface area contributed by atoms with Crippen LogP contribution in [0.4, 0.5) is 4.79 Å². The van der Waals surface area contributed by atoms with Crippen LogP contribution in [0.2, 0.25) is 0 Å². The van der Waals surface area contributed by atoms with Crippen molar-refractivity contribution in [3.8, 4) is 0 Å². The van der Waals surface area contributed by atoms with E-state index in [1.54, 1.807) is 6.92 Å². The van der Waals surface area contributed by atoms with E-state index in [2.05, 4.69) is 15.1 Å². The van der Waals surface area contributed by atoms with Gasteiger partial charge in [0.2, 0.25) is 5.91 Å². The number of rotatable bonds is 4. The van der Waals surface area contributed by atoms with Crippen molar-refractivity contribution in [1.29, 1.82) is 0 Å². The van der Waals surface area contributed by atoms with Crippen molar-refractivity contribution in [1.82, 2.24) is 15.1 Å². The first-order chi connectivity index (χ1) is 8.54. The highest BCUT2D eigenvalue weighted by Crippen LogP contribution is 2.07. The van der Waals surface area contributed by atoms with E-state index >= 15 is 0 Å². The molecule has 1 heterocycles. The van der Waals surface area contributed by atoms with Gasteiger partial charge >= 0.3 is 6.03 Å². The smallest absolute Gasteiger partial charge is 0.318 e. The Bertz CT molecular complexity index is 297. The number of urea groups is 1. The summed E-state index contributed by atoms with van der Waals surface area (Å²) in [6, 6.07) is -1.14. The first-order valence-electron chi connectivity index (χ1n) is 6.31. The Hall–Kier alpha value is -1.18. The molecule has 5 N–H and O–H groups in total. The summed E-state index contributed by atoms with van der Waals surface area (Å²) in [5, 5.41) is 2.12. The van der Waals surface area contributed by atoms with Crippen LogP contribution in [0.3, 0.4) is 0 Å². The minimum Gasteiger partial charge on any atom is -0.351 e. The van der Waals surface area contributed by atoms with Gasteiger partial charge in [-0.3, -0.25) is 15.0 Å². The zero-order valence-corrected chi connectivity index (χ0v) is 10.9. The van der Waals surface area contributed by atoms with Crippen LogP contribution in [0.15, 0.2) is 0 Å². The van der Waals surface area contributed by atoms with Crippen molar-refractivity contribution in [2.75, 3.05) is 39.3 Å². The normalized spacial score (nSPS) is 20.1. The number of nitrogens with one attached hydrogen (secondary N) is 1. The number of amides is 3. The van der Waals surface area contributed by atoms with Gasteiger partial charge in [0.25, 0.3) is 0 Å².